The van der Waals surface area contributed by atoms with E-state index in [1.54, 1.807) is 48.2 Å². The van der Waals surface area contributed by atoms with Gasteiger partial charge < -0.3 is 75.6 Å². The van der Waals surface area contributed by atoms with Gasteiger partial charge in [-0.05, 0) is 65.4 Å². The van der Waals surface area contributed by atoms with Gasteiger partial charge in [0.15, 0.2) is 0 Å². The maximum absolute atomic E-state index is 14.0. The molecule has 0 spiro atoms. The Labute approximate surface area is 735 Å². The second-order valence-electron chi connectivity index (χ2n) is 30.8. The van der Waals surface area contributed by atoms with E-state index in [1.807, 2.05) is 68.4 Å². The Bertz CT molecular complexity index is 5170. The van der Waals surface area contributed by atoms with Crippen LogP contribution >= 0.6 is 11.8 Å². The van der Waals surface area contributed by atoms with Crippen LogP contribution < -0.4 is 26.6 Å². The van der Waals surface area contributed by atoms with Gasteiger partial charge in [0.25, 0.3) is 5.91 Å². The third-order valence-corrected chi connectivity index (χ3v) is 23.1. The maximum atomic E-state index is 14.0. The van der Waals surface area contributed by atoms with Crippen molar-refractivity contribution >= 4 is 120 Å². The van der Waals surface area contributed by atoms with Gasteiger partial charge in [-0.2, -0.15) is 0 Å². The minimum atomic E-state index is -3.77. The normalized spacial score (nSPS) is 11.5. The number of benzene rings is 5. The molecule has 0 saturated heterocycles. The number of likely N-dealkylation sites (N-methyl/N-ethyl adjacent to an activating group) is 10. The molecular formula is C85H105N19O19S3. The topological polar surface area (TPSA) is 468 Å². The van der Waals surface area contributed by atoms with Crippen LogP contribution in [0.15, 0.2) is 175 Å². The lowest BCUT2D eigenvalue weighted by Gasteiger charge is -2.41. The molecule has 38 nitrogen and oxygen atoms in total. The molecule has 2 heterocycles. The van der Waals surface area contributed by atoms with Crippen molar-refractivity contribution in [3.05, 3.63) is 192 Å². The number of nitrogens with zero attached hydrogens (tertiary/aromatic N) is 14. The molecule has 0 fully saturated rings. The molecule has 0 saturated carbocycles. The van der Waals surface area contributed by atoms with Crippen LogP contribution in [0.2, 0.25) is 0 Å². The van der Waals surface area contributed by atoms with Crippen LogP contribution in [0.25, 0.3) is 22.3 Å². The molecular weight excluding hydrogens is 1690 g/mol. The molecule has 7 aromatic rings. The molecule has 0 aliphatic heterocycles. The van der Waals surface area contributed by atoms with Crippen molar-refractivity contribution < 1.29 is 88.8 Å². The maximum Gasteiger partial charge on any atom is 0.254 e. The van der Waals surface area contributed by atoms with E-state index in [9.17, 15) is 88.8 Å². The van der Waals surface area contributed by atoms with Crippen LogP contribution in [0.1, 0.15) is 46.5 Å². The highest BCUT2D eigenvalue weighted by Crippen LogP contribution is 2.53. The van der Waals surface area contributed by atoms with Gasteiger partial charge in [-0.15, -0.1) is 11.8 Å². The summed E-state index contributed by atoms with van der Waals surface area (Å²) in [6, 6.07) is 42.5. The number of carbonyl (C=O) groups excluding carboxylic acids is 15. The fraction of sp³-hybridized carbons (Fsp3) is 0.376. The Balaban J connectivity index is 0.772. The zero-order valence-electron chi connectivity index (χ0n) is 72.5. The van der Waals surface area contributed by atoms with E-state index in [0.29, 0.717) is 16.7 Å². The zero-order valence-corrected chi connectivity index (χ0v) is 75.0. The number of amides is 15. The first-order valence-corrected chi connectivity index (χ1v) is 43.7. The van der Waals surface area contributed by atoms with E-state index in [2.05, 4.69) is 82.9 Å². The van der Waals surface area contributed by atoms with Crippen LogP contribution in [0.5, 0.6) is 0 Å². The molecule has 5 aromatic carbocycles. The Kier molecular flexibility index (Phi) is 35.8. The second-order valence-corrected chi connectivity index (χ2v) is 36.5. The van der Waals surface area contributed by atoms with E-state index in [4.69, 9.17) is 0 Å². The molecule has 15 amide bonds. The number of aromatic nitrogens is 4. The molecule has 126 heavy (non-hydrogen) atoms. The van der Waals surface area contributed by atoms with Crippen LogP contribution in [-0.2, 0) is 98.0 Å². The number of hydrogen-bond donors (Lipinski definition) is 5. The molecule has 41 heteroatoms. The molecule has 1 atom stereocenters. The summed E-state index contributed by atoms with van der Waals surface area (Å²) in [6.45, 7) is -2.83. The molecule has 5 N–H and O–H groups in total. The van der Waals surface area contributed by atoms with Crippen molar-refractivity contribution in [2.24, 2.45) is 0 Å². The summed E-state index contributed by atoms with van der Waals surface area (Å²) in [5.74, 6) is -10.5. The highest BCUT2D eigenvalue weighted by Gasteiger charge is 2.43. The van der Waals surface area contributed by atoms with Crippen molar-refractivity contribution in [1.82, 2.24) is 95.5 Å². The largest absolute Gasteiger partial charge is 0.353 e. The van der Waals surface area contributed by atoms with E-state index >= 15 is 0 Å². The van der Waals surface area contributed by atoms with Gasteiger partial charge in [0.05, 0.1) is 89.8 Å². The van der Waals surface area contributed by atoms with Crippen molar-refractivity contribution in [3.63, 3.8) is 0 Å². The Morgan fingerprint density at radius 2 is 0.635 bits per heavy atom. The number of thioether (sulfide) groups is 1. The van der Waals surface area contributed by atoms with Crippen molar-refractivity contribution in [2.75, 3.05) is 175 Å². The highest BCUT2D eigenvalue weighted by atomic mass is 32.2. The Morgan fingerprint density at radius 1 is 0.349 bits per heavy atom. The molecule has 672 valence electrons. The lowest BCUT2D eigenvalue weighted by atomic mass is 9.84. The van der Waals surface area contributed by atoms with Crippen LogP contribution in [0.3, 0.4) is 0 Å². The quantitative estimate of drug-likeness (QED) is 0.0233. The Morgan fingerprint density at radius 3 is 0.968 bits per heavy atom. The first kappa shape index (κ1) is 99.7. The molecule has 7 rings (SSSR count). The van der Waals surface area contributed by atoms with Gasteiger partial charge in [-0.3, -0.25) is 71.9 Å². The number of nitrogens with one attached hydrogen (secondary N) is 5. The summed E-state index contributed by atoms with van der Waals surface area (Å²) >= 11 is 1.69. The summed E-state index contributed by atoms with van der Waals surface area (Å²) in [7, 11) is 5.31. The molecule has 0 radical (unpaired) electrons. The minimum Gasteiger partial charge on any atom is -0.353 e. The van der Waals surface area contributed by atoms with Gasteiger partial charge in [-0.1, -0.05) is 121 Å². The van der Waals surface area contributed by atoms with Crippen molar-refractivity contribution in [3.8, 4) is 22.3 Å². The lowest BCUT2D eigenvalue weighted by molar-refractivity contribution is -0.146. The summed E-state index contributed by atoms with van der Waals surface area (Å²) < 4.78 is 47.0. The zero-order chi connectivity index (χ0) is 93.1. The van der Waals surface area contributed by atoms with Crippen LogP contribution in [-0.4, -0.2) is 360 Å². The summed E-state index contributed by atoms with van der Waals surface area (Å²) in [5, 5.41) is 12.1. The first-order chi connectivity index (χ1) is 59.2. The molecule has 0 aliphatic carbocycles. The molecule has 0 aliphatic rings. The van der Waals surface area contributed by atoms with Crippen molar-refractivity contribution in [1.29, 1.82) is 0 Å². The third-order valence-electron chi connectivity index (χ3n) is 19.6. The highest BCUT2D eigenvalue weighted by molar-refractivity contribution is 8.02. The predicted molar refractivity (Wildman–Crippen MR) is 465 cm³/mol. The van der Waals surface area contributed by atoms with Crippen LogP contribution in [0, 0.1) is 0 Å². The number of sulfone groups is 2. The van der Waals surface area contributed by atoms with Gasteiger partial charge >= 0.3 is 0 Å². The average molecular weight is 1790 g/mol. The van der Waals surface area contributed by atoms with Gasteiger partial charge in [0.2, 0.25) is 113 Å². The van der Waals surface area contributed by atoms with Crippen molar-refractivity contribution in [2.45, 2.75) is 46.1 Å². The minimum absolute atomic E-state index is 0.0121. The SMILES string of the molecule is CN(CC(=O)NCC(=O)NCC(=O)N[C@@H](Cc1ccccc1)C(=O)NCC(=O)NCC(C)(C)SC(c1ccccc1)(c1ccccc1)c1ccccc1)C(=O)CN(C)C(=O)CN(C)C(=O)CN(C)C(=O)CN(C)C(=O)CN(C)C(=O)CN(C)C(=O)CN(C)C(=O)CN(C)C(=O)CN(C)C(=O)c1cc(-c2cnc(S(C)(=O)=O)nc2)cc(-c2cnc(S(C)(=O)=O)nc2)c1. The first-order valence-electron chi connectivity index (χ1n) is 39.1. The fourth-order valence-electron chi connectivity index (χ4n) is 12.2. The number of hydrogen-bond acceptors (Lipinski definition) is 24. The van der Waals surface area contributed by atoms with Gasteiger partial charge in [0, 0.05) is 142 Å². The second kappa shape index (κ2) is 45.3. The predicted octanol–water partition coefficient (Wildman–Crippen LogP) is -0.699. The van der Waals surface area contributed by atoms with Gasteiger partial charge in [-0.25, -0.2) is 36.8 Å². The molecule has 0 unspecified atom stereocenters. The van der Waals surface area contributed by atoms with Crippen LogP contribution in [0.4, 0.5) is 0 Å². The fourth-order valence-corrected chi connectivity index (χ4v) is 14.9. The average Bonchev–Trinajstić information content (AvgIpc) is 0.746. The number of carbonyl (C=O) groups is 15. The summed E-state index contributed by atoms with van der Waals surface area (Å²) in [4.78, 5) is 226. The monoisotopic (exact) mass is 1790 g/mol. The third kappa shape index (κ3) is 29.7. The molecule has 2 aromatic heterocycles. The van der Waals surface area contributed by atoms with E-state index < -0.39 is 219 Å². The van der Waals surface area contributed by atoms with E-state index in [0.717, 1.165) is 78.2 Å². The number of rotatable bonds is 42. The smallest absolute Gasteiger partial charge is 0.254 e. The lowest BCUT2D eigenvalue weighted by Crippen LogP contribution is -2.53. The summed E-state index contributed by atoms with van der Waals surface area (Å²) in [5.41, 5.74) is 5.07. The van der Waals surface area contributed by atoms with E-state index in [1.165, 1.54) is 107 Å². The summed E-state index contributed by atoms with van der Waals surface area (Å²) in [6.07, 6.45) is 6.81. The standard InChI is InChI=1S/C85H105N19O19S3/c1-84(2,124-85(63-29-21-16-22-30-63,64-31-23-17-24-32-64)65-33-25-18-26-34-65)56-93-68(106)44-88-80(118)66(35-57-27-19-15-20-28-57)94-69(107)45-86-67(105)43-87-70(108)46-95(3)71(109)47-96(4)72(110)48-97(5)73(111)49-98(6)74(112)50-99(7)75(113)51-100(8)76(114)52-101(9)77(115)53-102(10)78(116)54-103(11)79(117)55-104(12)81(119)60-37-58(61-39-89-82(90-40-61)125(13,120)121)36-59(38-60)62-41-91-83(92-42-62)126(14,122)123/h15-34,36-42,66H,35,43-56H2,1-14H3,(H,86,105)(H,87,108)(H,88,118)(H,93,106)(H,94,107)/t66-/m0/s1. The van der Waals surface area contributed by atoms with Gasteiger partial charge in [0.1, 0.15) is 6.04 Å². The van der Waals surface area contributed by atoms with E-state index in [-0.39, 0.29) is 29.7 Å². The molecule has 0 bridgehead atoms. The Hall–Kier alpha value is -13.4.